The maximum atomic E-state index is 11.7. The largest absolute Gasteiger partial charge is 0.481 e. The van der Waals surface area contributed by atoms with Crippen molar-refractivity contribution in [3.05, 3.63) is 35.9 Å². The first-order valence-electron chi connectivity index (χ1n) is 6.07. The van der Waals surface area contributed by atoms with E-state index in [9.17, 15) is 18.3 Å². The summed E-state index contributed by atoms with van der Waals surface area (Å²) in [5.41, 5.74) is 0.585. The fraction of sp³-hybridized carbons (Fsp3) is 0.462. The monoisotopic (exact) mass is 285 g/mol. The number of benzene rings is 1. The average Bonchev–Trinajstić information content (AvgIpc) is 2.28. The van der Waals surface area contributed by atoms with Crippen LogP contribution < -0.4 is 4.72 Å². The van der Waals surface area contributed by atoms with Gasteiger partial charge in [-0.05, 0) is 11.5 Å². The number of aliphatic carboxylic acids is 1. The summed E-state index contributed by atoms with van der Waals surface area (Å²) in [7, 11) is -3.43. The molecule has 0 fully saturated rings. The Morgan fingerprint density at radius 2 is 1.84 bits per heavy atom. The van der Waals surface area contributed by atoms with Gasteiger partial charge in [0.1, 0.15) is 0 Å². The molecule has 6 heteroatoms. The molecule has 0 saturated heterocycles. The number of hydrogen-bond acceptors (Lipinski definition) is 3. The molecule has 0 aliphatic rings. The Morgan fingerprint density at radius 1 is 1.26 bits per heavy atom. The molecular formula is C13H19NO4S. The fourth-order valence-electron chi connectivity index (χ4n) is 1.74. The zero-order valence-electron chi connectivity index (χ0n) is 11.0. The Kier molecular flexibility index (Phi) is 5.50. The number of rotatable bonds is 7. The van der Waals surface area contributed by atoms with Gasteiger partial charge >= 0.3 is 5.97 Å². The van der Waals surface area contributed by atoms with Gasteiger partial charge in [-0.2, -0.15) is 0 Å². The molecule has 1 rings (SSSR count). The number of nitrogens with one attached hydrogen (secondary N) is 1. The molecule has 0 bridgehead atoms. The summed E-state index contributed by atoms with van der Waals surface area (Å²) in [5.74, 6) is -1.92. The SMILES string of the molecule is CC(C)CS(=O)(=O)NCC(C(=O)O)c1ccccc1. The predicted molar refractivity (Wildman–Crippen MR) is 73.4 cm³/mol. The number of sulfonamides is 1. The van der Waals surface area contributed by atoms with Crippen molar-refractivity contribution in [1.29, 1.82) is 0 Å². The second-order valence-electron chi connectivity index (χ2n) is 4.83. The minimum absolute atomic E-state index is 0.00231. The van der Waals surface area contributed by atoms with E-state index in [1.165, 1.54) is 0 Å². The van der Waals surface area contributed by atoms with E-state index >= 15 is 0 Å². The Balaban J connectivity index is 2.74. The minimum Gasteiger partial charge on any atom is -0.481 e. The van der Waals surface area contributed by atoms with Crippen LogP contribution in [-0.2, 0) is 14.8 Å². The summed E-state index contributed by atoms with van der Waals surface area (Å²) >= 11 is 0. The molecule has 0 aliphatic carbocycles. The van der Waals surface area contributed by atoms with E-state index in [-0.39, 0.29) is 18.2 Å². The van der Waals surface area contributed by atoms with Gasteiger partial charge in [-0.1, -0.05) is 44.2 Å². The van der Waals surface area contributed by atoms with Crippen molar-refractivity contribution in [2.45, 2.75) is 19.8 Å². The Labute approximate surface area is 113 Å². The van der Waals surface area contributed by atoms with E-state index in [2.05, 4.69) is 4.72 Å². The molecule has 0 spiro atoms. The van der Waals surface area contributed by atoms with Crippen LogP contribution in [-0.4, -0.2) is 31.8 Å². The summed E-state index contributed by atoms with van der Waals surface area (Å²) in [6.45, 7) is 3.46. The Hall–Kier alpha value is -1.40. The van der Waals surface area contributed by atoms with Crippen LogP contribution in [0, 0.1) is 5.92 Å². The highest BCUT2D eigenvalue weighted by Gasteiger charge is 2.22. The lowest BCUT2D eigenvalue weighted by Gasteiger charge is -2.14. The molecule has 5 nitrogen and oxygen atoms in total. The van der Waals surface area contributed by atoms with Crippen LogP contribution in [0.5, 0.6) is 0 Å². The third kappa shape index (κ3) is 5.40. The van der Waals surface area contributed by atoms with E-state index < -0.39 is 21.9 Å². The van der Waals surface area contributed by atoms with Gasteiger partial charge in [-0.15, -0.1) is 0 Å². The molecule has 0 heterocycles. The normalized spacial score (nSPS) is 13.4. The van der Waals surface area contributed by atoms with Crippen molar-refractivity contribution in [3.63, 3.8) is 0 Å². The van der Waals surface area contributed by atoms with Crippen LogP contribution in [0.4, 0.5) is 0 Å². The van der Waals surface area contributed by atoms with Crippen molar-refractivity contribution >= 4 is 16.0 Å². The van der Waals surface area contributed by atoms with Gasteiger partial charge in [-0.25, -0.2) is 13.1 Å². The number of carbonyl (C=O) groups is 1. The minimum atomic E-state index is -3.43. The van der Waals surface area contributed by atoms with Crippen LogP contribution in [0.2, 0.25) is 0 Å². The van der Waals surface area contributed by atoms with E-state index in [0.29, 0.717) is 5.56 Å². The highest BCUT2D eigenvalue weighted by Crippen LogP contribution is 2.15. The fourth-order valence-corrected chi connectivity index (χ4v) is 3.16. The third-order valence-electron chi connectivity index (χ3n) is 2.56. The first kappa shape index (κ1) is 15.7. The van der Waals surface area contributed by atoms with Crippen LogP contribution in [0.1, 0.15) is 25.3 Å². The molecule has 106 valence electrons. The lowest BCUT2D eigenvalue weighted by atomic mass is 10.00. The van der Waals surface area contributed by atoms with Gasteiger partial charge in [0.2, 0.25) is 10.0 Å². The lowest BCUT2D eigenvalue weighted by Crippen LogP contribution is -2.34. The number of carboxylic acid groups (broad SMARTS) is 1. The first-order chi connectivity index (χ1) is 8.82. The van der Waals surface area contributed by atoms with Gasteiger partial charge in [0.25, 0.3) is 0 Å². The molecule has 1 unspecified atom stereocenters. The molecule has 1 atom stereocenters. The molecule has 0 amide bonds. The zero-order chi connectivity index (χ0) is 14.5. The Bertz CT molecular complexity index is 511. The topological polar surface area (TPSA) is 83.5 Å². The molecule has 1 aromatic rings. The van der Waals surface area contributed by atoms with E-state index in [1.807, 2.05) is 0 Å². The highest BCUT2D eigenvalue weighted by molar-refractivity contribution is 7.89. The van der Waals surface area contributed by atoms with E-state index in [1.54, 1.807) is 44.2 Å². The van der Waals surface area contributed by atoms with Crippen molar-refractivity contribution in [3.8, 4) is 0 Å². The van der Waals surface area contributed by atoms with Crippen LogP contribution in [0.25, 0.3) is 0 Å². The summed E-state index contributed by atoms with van der Waals surface area (Å²) in [4.78, 5) is 11.2. The van der Waals surface area contributed by atoms with Gasteiger partial charge in [0.05, 0.1) is 11.7 Å². The molecule has 0 aromatic heterocycles. The molecule has 0 radical (unpaired) electrons. The molecule has 1 aromatic carbocycles. The van der Waals surface area contributed by atoms with Crippen LogP contribution in [0.3, 0.4) is 0 Å². The van der Waals surface area contributed by atoms with E-state index in [0.717, 1.165) is 0 Å². The Morgan fingerprint density at radius 3 is 2.32 bits per heavy atom. The van der Waals surface area contributed by atoms with E-state index in [4.69, 9.17) is 0 Å². The number of hydrogen-bond donors (Lipinski definition) is 2. The molecule has 19 heavy (non-hydrogen) atoms. The first-order valence-corrected chi connectivity index (χ1v) is 7.72. The average molecular weight is 285 g/mol. The van der Waals surface area contributed by atoms with Gasteiger partial charge in [0, 0.05) is 6.54 Å². The number of carboxylic acids is 1. The van der Waals surface area contributed by atoms with Gasteiger partial charge in [-0.3, -0.25) is 4.79 Å². The smallest absolute Gasteiger partial charge is 0.312 e. The molecular weight excluding hydrogens is 266 g/mol. The maximum absolute atomic E-state index is 11.7. The highest BCUT2D eigenvalue weighted by atomic mass is 32.2. The zero-order valence-corrected chi connectivity index (χ0v) is 11.9. The lowest BCUT2D eigenvalue weighted by molar-refractivity contribution is -0.138. The molecule has 2 N–H and O–H groups in total. The molecule has 0 aliphatic heterocycles. The standard InChI is InChI=1S/C13H19NO4S/c1-10(2)9-19(17,18)14-8-12(13(15)16)11-6-4-3-5-7-11/h3-7,10,12,14H,8-9H2,1-2H3,(H,15,16). The van der Waals surface area contributed by atoms with Gasteiger partial charge < -0.3 is 5.11 Å². The summed E-state index contributed by atoms with van der Waals surface area (Å²) in [6.07, 6.45) is 0. The van der Waals surface area contributed by atoms with Crippen LogP contribution in [0.15, 0.2) is 30.3 Å². The van der Waals surface area contributed by atoms with Crippen LogP contribution >= 0.6 is 0 Å². The quantitative estimate of drug-likeness (QED) is 0.794. The van der Waals surface area contributed by atoms with Crippen molar-refractivity contribution < 1.29 is 18.3 Å². The second-order valence-corrected chi connectivity index (χ2v) is 6.68. The summed E-state index contributed by atoms with van der Waals surface area (Å²) < 4.78 is 25.8. The van der Waals surface area contributed by atoms with Gasteiger partial charge in [0.15, 0.2) is 0 Å². The third-order valence-corrected chi connectivity index (χ3v) is 4.27. The van der Waals surface area contributed by atoms with Crippen molar-refractivity contribution in [2.75, 3.05) is 12.3 Å². The predicted octanol–water partition coefficient (Wildman–Crippen LogP) is 1.43. The summed E-state index contributed by atoms with van der Waals surface area (Å²) in [5, 5.41) is 9.17. The van der Waals surface area contributed by atoms with Crippen molar-refractivity contribution in [1.82, 2.24) is 4.72 Å². The summed E-state index contributed by atoms with van der Waals surface area (Å²) in [6, 6.07) is 8.60. The molecule has 0 saturated carbocycles. The second kappa shape index (κ2) is 6.68. The van der Waals surface area contributed by atoms with Crippen molar-refractivity contribution in [2.24, 2.45) is 5.92 Å². The maximum Gasteiger partial charge on any atom is 0.312 e.